The molecular formula is C27H24F9N7O2. The Labute approximate surface area is 248 Å². The Hall–Kier alpha value is -4.64. The maximum Gasteiger partial charge on any atom is 0.416 e. The van der Waals surface area contributed by atoms with E-state index in [1.54, 1.807) is 13.1 Å². The van der Waals surface area contributed by atoms with E-state index in [0.29, 0.717) is 24.1 Å². The van der Waals surface area contributed by atoms with Crippen molar-refractivity contribution < 1.29 is 49.4 Å². The summed E-state index contributed by atoms with van der Waals surface area (Å²) in [6.45, 7) is 0.508. The quantitative estimate of drug-likeness (QED) is 0.199. The molecule has 45 heavy (non-hydrogen) atoms. The molecule has 4 aromatic rings. The summed E-state index contributed by atoms with van der Waals surface area (Å²) in [4.78, 5) is 13.1. The van der Waals surface area contributed by atoms with Gasteiger partial charge >= 0.3 is 24.5 Å². The molecule has 0 spiro atoms. The summed E-state index contributed by atoms with van der Waals surface area (Å²) in [6.07, 6.45) is -13.5. The van der Waals surface area contributed by atoms with E-state index in [1.165, 1.54) is 11.7 Å². The van der Waals surface area contributed by atoms with Gasteiger partial charge in [-0.05, 0) is 58.7 Å². The third kappa shape index (κ3) is 8.10. The molecule has 0 saturated heterocycles. The van der Waals surface area contributed by atoms with Crippen LogP contribution in [0.15, 0.2) is 42.6 Å². The molecule has 0 amide bonds. The van der Waals surface area contributed by atoms with Gasteiger partial charge in [0.05, 0.1) is 42.4 Å². The first kappa shape index (κ1) is 33.3. The van der Waals surface area contributed by atoms with Gasteiger partial charge in [0.1, 0.15) is 0 Å². The maximum absolute atomic E-state index is 13.8. The summed E-state index contributed by atoms with van der Waals surface area (Å²) in [5, 5.41) is 24.8. The fourth-order valence-electron chi connectivity index (χ4n) is 4.54. The number of aromatic nitrogens is 6. The van der Waals surface area contributed by atoms with Gasteiger partial charge in [0.15, 0.2) is 0 Å². The van der Waals surface area contributed by atoms with Gasteiger partial charge in [-0.3, -0.25) is 9.48 Å². The van der Waals surface area contributed by atoms with Gasteiger partial charge in [-0.15, -0.1) is 5.10 Å². The average Bonchev–Trinajstić information content (AvgIpc) is 3.56. The van der Waals surface area contributed by atoms with E-state index >= 15 is 0 Å². The highest BCUT2D eigenvalue weighted by Gasteiger charge is 2.37. The van der Waals surface area contributed by atoms with Crippen molar-refractivity contribution in [3.05, 3.63) is 76.0 Å². The van der Waals surface area contributed by atoms with Crippen LogP contribution in [0.25, 0.3) is 11.3 Å². The number of halogens is 9. The molecule has 0 saturated carbocycles. The number of nitrogens with zero attached hydrogens (tertiary/aromatic N) is 7. The number of hydrogen-bond donors (Lipinski definition) is 1. The summed E-state index contributed by atoms with van der Waals surface area (Å²) in [7, 11) is 1.34. The van der Waals surface area contributed by atoms with Crippen LogP contribution in [0, 0.1) is 0 Å². The Morgan fingerprint density at radius 2 is 1.47 bits per heavy atom. The molecule has 0 aliphatic rings. The summed E-state index contributed by atoms with van der Waals surface area (Å²) >= 11 is 0. The van der Waals surface area contributed by atoms with Crippen molar-refractivity contribution in [3.63, 3.8) is 0 Å². The smallest absolute Gasteiger partial charge is 0.416 e. The predicted octanol–water partition coefficient (Wildman–Crippen LogP) is 6.37. The van der Waals surface area contributed by atoms with Gasteiger partial charge in [-0.2, -0.15) is 49.4 Å². The minimum Gasteiger partial charge on any atom is -0.481 e. The molecule has 1 N–H and O–H groups in total. The molecule has 0 aliphatic heterocycles. The standard InChI is InChI=1S/C27H24F9N7O2/c1-3-16-14-43(7-6-22(44)45)38-23(16)21-5-4-18(25(28,29)30)10-17(21)13-42(24-37-40-41(2)39-24)12-15-8-19(26(31,32)33)11-20(9-15)27(34,35)36/h4-5,8-11,14H,3,6-7,12-13H2,1-2H3,(H,44,45). The number of rotatable bonds is 10. The van der Waals surface area contributed by atoms with Crippen molar-refractivity contribution in [2.45, 2.75) is 57.9 Å². The SMILES string of the molecule is CCc1cn(CCC(=O)O)nc1-c1ccc(C(F)(F)F)cc1CN(Cc1cc(C(F)(F)F)cc(C(F)(F)F)c1)c1nnn(C)n1. The highest BCUT2D eigenvalue weighted by atomic mass is 19.4. The monoisotopic (exact) mass is 649 g/mol. The van der Waals surface area contributed by atoms with E-state index in [-0.39, 0.29) is 41.8 Å². The Morgan fingerprint density at radius 3 is 1.98 bits per heavy atom. The zero-order valence-electron chi connectivity index (χ0n) is 23.5. The lowest BCUT2D eigenvalue weighted by atomic mass is 9.97. The second-order valence-electron chi connectivity index (χ2n) is 9.98. The number of aliphatic carboxylic acids is 1. The molecule has 2 aromatic carbocycles. The highest BCUT2D eigenvalue weighted by Crippen LogP contribution is 2.38. The minimum absolute atomic E-state index is 0.0354. The molecule has 9 nitrogen and oxygen atoms in total. The van der Waals surface area contributed by atoms with Crippen molar-refractivity contribution in [3.8, 4) is 11.3 Å². The molecule has 18 heteroatoms. The summed E-state index contributed by atoms with van der Waals surface area (Å²) in [5.74, 6) is -1.38. The number of anilines is 1. The van der Waals surface area contributed by atoms with Gasteiger partial charge in [-0.1, -0.05) is 18.1 Å². The molecule has 0 aliphatic carbocycles. The molecular weight excluding hydrogens is 625 g/mol. The lowest BCUT2D eigenvalue weighted by Gasteiger charge is -2.24. The molecule has 4 rings (SSSR count). The number of hydrogen-bond acceptors (Lipinski definition) is 6. The van der Waals surface area contributed by atoms with E-state index in [4.69, 9.17) is 5.11 Å². The third-order valence-corrected chi connectivity index (χ3v) is 6.62. The van der Waals surface area contributed by atoms with E-state index in [1.807, 2.05) is 0 Å². The van der Waals surface area contributed by atoms with Gasteiger partial charge in [0.2, 0.25) is 0 Å². The van der Waals surface area contributed by atoms with E-state index in [9.17, 15) is 44.3 Å². The van der Waals surface area contributed by atoms with Crippen LogP contribution >= 0.6 is 0 Å². The second kappa shape index (κ2) is 12.4. The van der Waals surface area contributed by atoms with Crippen LogP contribution in [0.2, 0.25) is 0 Å². The van der Waals surface area contributed by atoms with Gasteiger partial charge in [-0.25, -0.2) is 0 Å². The third-order valence-electron chi connectivity index (χ3n) is 6.62. The van der Waals surface area contributed by atoms with Gasteiger partial charge < -0.3 is 10.0 Å². The van der Waals surface area contributed by atoms with Crippen LogP contribution in [0.3, 0.4) is 0 Å². The van der Waals surface area contributed by atoms with Crippen LogP contribution in [-0.2, 0) is 56.4 Å². The van der Waals surface area contributed by atoms with E-state index in [2.05, 4.69) is 20.5 Å². The zero-order valence-corrected chi connectivity index (χ0v) is 23.5. The minimum atomic E-state index is -5.13. The molecule has 2 heterocycles. The lowest BCUT2D eigenvalue weighted by molar-refractivity contribution is -0.143. The Balaban J connectivity index is 1.85. The summed E-state index contributed by atoms with van der Waals surface area (Å²) < 4.78 is 124. The molecule has 242 valence electrons. The first-order valence-electron chi connectivity index (χ1n) is 13.1. The number of carboxylic acids is 1. The van der Waals surface area contributed by atoms with Crippen molar-refractivity contribution in [2.24, 2.45) is 7.05 Å². The number of carbonyl (C=O) groups is 1. The molecule has 0 fully saturated rings. The molecule has 2 aromatic heterocycles. The largest absolute Gasteiger partial charge is 0.481 e. The zero-order chi connectivity index (χ0) is 33.3. The van der Waals surface area contributed by atoms with Crippen LogP contribution in [-0.4, -0.2) is 41.1 Å². The number of tetrazole rings is 1. The maximum atomic E-state index is 13.8. The van der Waals surface area contributed by atoms with Crippen molar-refractivity contribution in [2.75, 3.05) is 4.90 Å². The fourth-order valence-corrected chi connectivity index (χ4v) is 4.54. The number of benzene rings is 2. The number of carboxylic acid groups (broad SMARTS) is 1. The second-order valence-corrected chi connectivity index (χ2v) is 9.98. The molecule has 0 unspecified atom stereocenters. The normalized spacial score (nSPS) is 12.5. The lowest BCUT2D eigenvalue weighted by Crippen LogP contribution is -2.25. The molecule has 0 atom stereocenters. The van der Waals surface area contributed by atoms with Crippen molar-refractivity contribution >= 4 is 11.9 Å². The Kier molecular flexibility index (Phi) is 9.16. The van der Waals surface area contributed by atoms with Crippen molar-refractivity contribution in [1.29, 1.82) is 0 Å². The topological polar surface area (TPSA) is 102 Å². The van der Waals surface area contributed by atoms with Gasteiger partial charge in [0.25, 0.3) is 5.95 Å². The highest BCUT2D eigenvalue weighted by molar-refractivity contribution is 5.69. The Morgan fingerprint density at radius 1 is 0.844 bits per heavy atom. The van der Waals surface area contributed by atoms with E-state index in [0.717, 1.165) is 27.9 Å². The predicted molar refractivity (Wildman–Crippen MR) is 139 cm³/mol. The summed E-state index contributed by atoms with van der Waals surface area (Å²) in [5.41, 5.74) is -3.80. The first-order chi connectivity index (χ1) is 20.8. The first-order valence-corrected chi connectivity index (χ1v) is 13.1. The van der Waals surface area contributed by atoms with Crippen LogP contribution in [0.5, 0.6) is 0 Å². The molecule has 0 bridgehead atoms. The fraction of sp³-hybridized carbons (Fsp3) is 0.370. The van der Waals surface area contributed by atoms with Gasteiger partial charge in [0, 0.05) is 24.8 Å². The average molecular weight is 650 g/mol. The van der Waals surface area contributed by atoms with Crippen LogP contribution < -0.4 is 4.90 Å². The Bertz CT molecular complexity index is 1640. The van der Waals surface area contributed by atoms with Crippen LogP contribution in [0.1, 0.15) is 46.7 Å². The number of alkyl halides is 9. The van der Waals surface area contributed by atoms with Crippen LogP contribution in [0.4, 0.5) is 45.5 Å². The molecule has 0 radical (unpaired) electrons. The van der Waals surface area contributed by atoms with E-state index < -0.39 is 59.8 Å². The van der Waals surface area contributed by atoms with Crippen molar-refractivity contribution in [1.82, 2.24) is 30.0 Å². The summed E-state index contributed by atoms with van der Waals surface area (Å²) in [6, 6.07) is 3.72. The number of aryl methyl sites for hydroxylation is 3.